The van der Waals surface area contributed by atoms with Crippen LogP contribution in [0.1, 0.15) is 0 Å². The van der Waals surface area contributed by atoms with Crippen molar-refractivity contribution in [1.82, 2.24) is 10.6 Å². The van der Waals surface area contributed by atoms with Crippen molar-refractivity contribution in [1.29, 1.82) is 5.26 Å². The summed E-state index contributed by atoms with van der Waals surface area (Å²) in [6.45, 7) is -0.665. The molecule has 0 saturated carbocycles. The number of amides is 3. The summed E-state index contributed by atoms with van der Waals surface area (Å²) in [6, 6.07) is 1.61. The van der Waals surface area contributed by atoms with Gasteiger partial charge in [-0.1, -0.05) is 0 Å². The molecule has 0 atom stereocenters. The SMILES string of the molecule is N#CCNC(=O)C(=O)NCC(N)=O. The predicted octanol–water partition coefficient (Wildman–Crippen LogP) is -2.77. The average Bonchev–Trinajstić information content (AvgIpc) is 2.10. The molecule has 0 aliphatic carbocycles. The molecule has 0 bridgehead atoms. The first-order valence-electron chi connectivity index (χ1n) is 3.29. The molecule has 70 valence electrons. The van der Waals surface area contributed by atoms with Gasteiger partial charge in [0.15, 0.2) is 0 Å². The molecule has 13 heavy (non-hydrogen) atoms. The number of nitrogens with zero attached hydrogens (tertiary/aromatic N) is 1. The van der Waals surface area contributed by atoms with Crippen molar-refractivity contribution < 1.29 is 14.4 Å². The Morgan fingerprint density at radius 1 is 1.23 bits per heavy atom. The van der Waals surface area contributed by atoms with Crippen LogP contribution in [0.3, 0.4) is 0 Å². The van der Waals surface area contributed by atoms with Gasteiger partial charge >= 0.3 is 11.8 Å². The minimum atomic E-state index is -0.992. The minimum Gasteiger partial charge on any atom is -0.368 e. The molecule has 0 saturated heterocycles. The van der Waals surface area contributed by atoms with Crippen LogP contribution in [-0.4, -0.2) is 30.8 Å². The zero-order valence-corrected chi connectivity index (χ0v) is 6.66. The fourth-order valence-corrected chi connectivity index (χ4v) is 0.448. The average molecular weight is 184 g/mol. The predicted molar refractivity (Wildman–Crippen MR) is 40.8 cm³/mol. The van der Waals surface area contributed by atoms with Crippen LogP contribution in [0.5, 0.6) is 0 Å². The highest BCUT2D eigenvalue weighted by molar-refractivity contribution is 6.35. The lowest BCUT2D eigenvalue weighted by atomic mass is 10.5. The number of carbonyl (C=O) groups excluding carboxylic acids is 3. The Bertz CT molecular complexity index is 268. The van der Waals surface area contributed by atoms with Crippen molar-refractivity contribution in [2.45, 2.75) is 0 Å². The van der Waals surface area contributed by atoms with E-state index >= 15 is 0 Å². The molecular formula is C6H8N4O3. The molecule has 0 aliphatic rings. The first-order chi connectivity index (χ1) is 6.07. The summed E-state index contributed by atoms with van der Waals surface area (Å²) in [6.07, 6.45) is 0. The highest BCUT2D eigenvalue weighted by atomic mass is 16.2. The van der Waals surface area contributed by atoms with Gasteiger partial charge in [0.05, 0.1) is 12.6 Å². The first-order valence-corrected chi connectivity index (χ1v) is 3.29. The van der Waals surface area contributed by atoms with E-state index < -0.39 is 24.3 Å². The van der Waals surface area contributed by atoms with Crippen molar-refractivity contribution in [2.75, 3.05) is 13.1 Å². The van der Waals surface area contributed by atoms with E-state index in [9.17, 15) is 14.4 Å². The maximum Gasteiger partial charge on any atom is 0.310 e. The van der Waals surface area contributed by atoms with Crippen LogP contribution in [0.2, 0.25) is 0 Å². The van der Waals surface area contributed by atoms with Gasteiger partial charge in [0, 0.05) is 0 Å². The molecular weight excluding hydrogens is 176 g/mol. The quantitative estimate of drug-likeness (QED) is 0.324. The lowest BCUT2D eigenvalue weighted by Crippen LogP contribution is -2.43. The second-order valence-electron chi connectivity index (χ2n) is 1.99. The lowest BCUT2D eigenvalue weighted by Gasteiger charge is -2.00. The van der Waals surface area contributed by atoms with Gasteiger partial charge in [-0.15, -0.1) is 0 Å². The maximum atomic E-state index is 10.7. The number of hydrogen-bond donors (Lipinski definition) is 3. The fourth-order valence-electron chi connectivity index (χ4n) is 0.448. The van der Waals surface area contributed by atoms with E-state index in [1.807, 2.05) is 10.6 Å². The minimum absolute atomic E-state index is 0.261. The summed E-state index contributed by atoms with van der Waals surface area (Å²) in [5, 5.41) is 12.0. The number of nitriles is 1. The Labute approximate surface area is 73.9 Å². The summed E-state index contributed by atoms with van der Waals surface area (Å²) in [5.74, 6) is -2.71. The number of nitrogens with one attached hydrogen (secondary N) is 2. The van der Waals surface area contributed by atoms with Crippen LogP contribution in [-0.2, 0) is 14.4 Å². The highest BCUT2D eigenvalue weighted by Gasteiger charge is 2.12. The summed E-state index contributed by atoms with van der Waals surface area (Å²) in [7, 11) is 0. The van der Waals surface area contributed by atoms with Crippen LogP contribution >= 0.6 is 0 Å². The Kier molecular flexibility index (Phi) is 4.64. The molecule has 0 rings (SSSR count). The Balaban J connectivity index is 3.78. The largest absolute Gasteiger partial charge is 0.368 e. The fraction of sp³-hybridized carbons (Fsp3) is 0.333. The third-order valence-corrected chi connectivity index (χ3v) is 0.957. The number of nitrogens with two attached hydrogens (primary N) is 1. The van der Waals surface area contributed by atoms with Crippen molar-refractivity contribution in [3.63, 3.8) is 0 Å². The lowest BCUT2D eigenvalue weighted by molar-refractivity contribution is -0.139. The van der Waals surface area contributed by atoms with E-state index in [4.69, 9.17) is 11.0 Å². The zero-order valence-electron chi connectivity index (χ0n) is 6.66. The van der Waals surface area contributed by atoms with Crippen molar-refractivity contribution >= 4 is 17.7 Å². The molecule has 4 N–H and O–H groups in total. The van der Waals surface area contributed by atoms with E-state index in [0.717, 1.165) is 0 Å². The molecule has 0 aromatic rings. The van der Waals surface area contributed by atoms with Crippen LogP contribution in [0.4, 0.5) is 0 Å². The molecule has 0 heterocycles. The second kappa shape index (κ2) is 5.54. The normalized spacial score (nSPS) is 8.23. The molecule has 0 aromatic carbocycles. The van der Waals surface area contributed by atoms with Crippen molar-refractivity contribution in [3.05, 3.63) is 0 Å². The molecule has 0 aromatic heterocycles. The third-order valence-electron chi connectivity index (χ3n) is 0.957. The molecule has 0 fully saturated rings. The molecule has 0 aliphatic heterocycles. The Morgan fingerprint density at radius 2 is 1.77 bits per heavy atom. The summed E-state index contributed by atoms with van der Waals surface area (Å²) >= 11 is 0. The molecule has 0 spiro atoms. The van der Waals surface area contributed by atoms with E-state index in [0.29, 0.717) is 0 Å². The number of carbonyl (C=O) groups is 3. The Morgan fingerprint density at radius 3 is 2.23 bits per heavy atom. The second-order valence-corrected chi connectivity index (χ2v) is 1.99. The number of primary amides is 1. The highest BCUT2D eigenvalue weighted by Crippen LogP contribution is 1.67. The number of rotatable bonds is 3. The summed E-state index contributed by atoms with van der Waals surface area (Å²) in [4.78, 5) is 31.6. The zero-order chi connectivity index (χ0) is 10.3. The Hall–Kier alpha value is -2.10. The van der Waals surface area contributed by atoms with Gasteiger partial charge in [0.2, 0.25) is 5.91 Å². The summed E-state index contributed by atoms with van der Waals surface area (Å²) in [5.41, 5.74) is 4.70. The third kappa shape index (κ3) is 5.20. The van der Waals surface area contributed by atoms with Crippen LogP contribution < -0.4 is 16.4 Å². The molecule has 0 unspecified atom stereocenters. The van der Waals surface area contributed by atoms with E-state index in [2.05, 4.69) is 0 Å². The molecule has 7 heteroatoms. The van der Waals surface area contributed by atoms with Gasteiger partial charge in [0.25, 0.3) is 0 Å². The van der Waals surface area contributed by atoms with Gasteiger partial charge < -0.3 is 16.4 Å². The van der Waals surface area contributed by atoms with Crippen LogP contribution in [0.15, 0.2) is 0 Å². The van der Waals surface area contributed by atoms with Gasteiger partial charge in [-0.05, 0) is 0 Å². The van der Waals surface area contributed by atoms with Gasteiger partial charge in [-0.3, -0.25) is 14.4 Å². The molecule has 7 nitrogen and oxygen atoms in total. The first kappa shape index (κ1) is 10.9. The van der Waals surface area contributed by atoms with Gasteiger partial charge in [-0.25, -0.2) is 0 Å². The van der Waals surface area contributed by atoms with E-state index in [-0.39, 0.29) is 6.54 Å². The van der Waals surface area contributed by atoms with Gasteiger partial charge in [0.1, 0.15) is 6.54 Å². The van der Waals surface area contributed by atoms with E-state index in [1.165, 1.54) is 0 Å². The monoisotopic (exact) mass is 184 g/mol. The topological polar surface area (TPSA) is 125 Å². The summed E-state index contributed by atoms with van der Waals surface area (Å²) < 4.78 is 0. The molecule has 3 amide bonds. The van der Waals surface area contributed by atoms with Crippen LogP contribution in [0, 0.1) is 11.3 Å². The van der Waals surface area contributed by atoms with E-state index in [1.54, 1.807) is 6.07 Å². The van der Waals surface area contributed by atoms with Gasteiger partial charge in [-0.2, -0.15) is 5.26 Å². The number of hydrogen-bond acceptors (Lipinski definition) is 4. The molecule has 0 radical (unpaired) electrons. The standard InChI is InChI=1S/C6H8N4O3/c7-1-2-9-5(12)6(13)10-3-4(8)11/h2-3H2,(H2,8,11)(H,9,12)(H,10,13). The maximum absolute atomic E-state index is 10.7. The van der Waals surface area contributed by atoms with Crippen molar-refractivity contribution in [2.24, 2.45) is 5.73 Å². The van der Waals surface area contributed by atoms with Crippen molar-refractivity contribution in [3.8, 4) is 6.07 Å². The smallest absolute Gasteiger partial charge is 0.310 e. The van der Waals surface area contributed by atoms with Crippen LogP contribution in [0.25, 0.3) is 0 Å².